The number of nitrogens with one attached hydrogen (secondary N) is 1. The van der Waals surface area contributed by atoms with Gasteiger partial charge in [-0.25, -0.2) is 0 Å². The van der Waals surface area contributed by atoms with E-state index in [-0.39, 0.29) is 6.61 Å². The van der Waals surface area contributed by atoms with Crippen LogP contribution in [-0.2, 0) is 6.54 Å². The summed E-state index contributed by atoms with van der Waals surface area (Å²) in [7, 11) is 0. The first-order valence-corrected chi connectivity index (χ1v) is 6.49. The average molecular weight is 286 g/mol. The summed E-state index contributed by atoms with van der Waals surface area (Å²) in [5.74, 6) is 0.846. The summed E-state index contributed by atoms with van der Waals surface area (Å²) in [6.45, 7) is 6.22. The van der Waals surface area contributed by atoms with Gasteiger partial charge >= 0.3 is 0 Å². The molecule has 1 unspecified atom stereocenters. The summed E-state index contributed by atoms with van der Waals surface area (Å²) in [5.41, 5.74) is 1.25. The summed E-state index contributed by atoms with van der Waals surface area (Å²) >= 11 is 3.52. The Morgan fingerprint density at radius 1 is 1.31 bits per heavy atom. The fourth-order valence-corrected chi connectivity index (χ4v) is 1.97. The fourth-order valence-electron chi connectivity index (χ4n) is 1.55. The van der Waals surface area contributed by atoms with Gasteiger partial charge in [0.2, 0.25) is 0 Å². The van der Waals surface area contributed by atoms with Crippen molar-refractivity contribution in [1.82, 2.24) is 5.32 Å². The predicted molar refractivity (Wildman–Crippen MR) is 71.3 cm³/mol. The van der Waals surface area contributed by atoms with Crippen molar-refractivity contribution < 1.29 is 5.11 Å². The van der Waals surface area contributed by atoms with Gasteiger partial charge < -0.3 is 10.4 Å². The maximum atomic E-state index is 9.20. The van der Waals surface area contributed by atoms with Gasteiger partial charge in [0, 0.05) is 24.2 Å². The van der Waals surface area contributed by atoms with Crippen LogP contribution in [0.2, 0.25) is 0 Å². The first-order valence-electron chi connectivity index (χ1n) is 5.70. The number of aliphatic hydroxyl groups excluding tert-OH is 1. The molecule has 1 atom stereocenters. The van der Waals surface area contributed by atoms with Gasteiger partial charge in [-0.3, -0.25) is 0 Å². The first-order chi connectivity index (χ1) is 7.65. The van der Waals surface area contributed by atoms with Crippen LogP contribution in [0.3, 0.4) is 0 Å². The van der Waals surface area contributed by atoms with Crippen molar-refractivity contribution in [2.45, 2.75) is 20.4 Å². The Balaban J connectivity index is 2.38. The Hall–Kier alpha value is -0.380. The van der Waals surface area contributed by atoms with Gasteiger partial charge in [-0.1, -0.05) is 48.0 Å². The van der Waals surface area contributed by atoms with Gasteiger partial charge in [0.25, 0.3) is 0 Å². The molecule has 0 saturated heterocycles. The van der Waals surface area contributed by atoms with Crippen LogP contribution in [-0.4, -0.2) is 18.3 Å². The third-order valence-corrected chi connectivity index (χ3v) is 3.63. The van der Waals surface area contributed by atoms with Crippen LogP contribution in [0.5, 0.6) is 0 Å². The van der Waals surface area contributed by atoms with E-state index in [0.29, 0.717) is 11.8 Å². The Morgan fingerprint density at radius 3 is 2.56 bits per heavy atom. The summed E-state index contributed by atoms with van der Waals surface area (Å²) in [6, 6.07) is 8.19. The Bertz CT molecular complexity index is 315. The minimum atomic E-state index is 0.251. The van der Waals surface area contributed by atoms with E-state index in [2.05, 4.69) is 41.2 Å². The van der Waals surface area contributed by atoms with Crippen molar-refractivity contribution in [3.8, 4) is 0 Å². The molecule has 0 heterocycles. The molecule has 2 nitrogen and oxygen atoms in total. The monoisotopic (exact) mass is 285 g/mol. The van der Waals surface area contributed by atoms with E-state index < -0.39 is 0 Å². The van der Waals surface area contributed by atoms with Gasteiger partial charge in [-0.05, 0) is 23.5 Å². The van der Waals surface area contributed by atoms with Gasteiger partial charge in [0.05, 0.1) is 0 Å². The number of benzene rings is 1. The molecule has 16 heavy (non-hydrogen) atoms. The second-order valence-electron chi connectivity index (χ2n) is 4.41. The van der Waals surface area contributed by atoms with Crippen molar-refractivity contribution in [1.29, 1.82) is 0 Å². The van der Waals surface area contributed by atoms with Gasteiger partial charge in [-0.2, -0.15) is 0 Å². The number of hydrogen-bond donors (Lipinski definition) is 2. The van der Waals surface area contributed by atoms with E-state index >= 15 is 0 Å². The molecule has 1 aromatic rings. The Morgan fingerprint density at radius 2 is 2.00 bits per heavy atom. The third-order valence-electron chi connectivity index (χ3n) is 2.86. The van der Waals surface area contributed by atoms with Gasteiger partial charge in [-0.15, -0.1) is 0 Å². The lowest BCUT2D eigenvalue weighted by Gasteiger charge is -2.18. The van der Waals surface area contributed by atoms with Crippen LogP contribution < -0.4 is 5.32 Å². The molecule has 0 aromatic heterocycles. The van der Waals surface area contributed by atoms with E-state index in [1.807, 2.05) is 18.2 Å². The molecule has 1 aromatic carbocycles. The van der Waals surface area contributed by atoms with Crippen LogP contribution in [0.1, 0.15) is 19.4 Å². The molecule has 0 aliphatic heterocycles. The Kier molecular flexibility index (Phi) is 6.03. The summed E-state index contributed by atoms with van der Waals surface area (Å²) in [6.07, 6.45) is 0. The minimum Gasteiger partial charge on any atom is -0.396 e. The van der Waals surface area contributed by atoms with E-state index in [1.165, 1.54) is 5.56 Å². The highest BCUT2D eigenvalue weighted by atomic mass is 79.9. The SMILES string of the molecule is CC(C)C(CO)CNCc1ccccc1Br. The highest BCUT2D eigenvalue weighted by molar-refractivity contribution is 9.10. The number of aliphatic hydroxyl groups is 1. The predicted octanol–water partition coefficient (Wildman–Crippen LogP) is 2.80. The molecule has 1 rings (SSSR count). The number of rotatable bonds is 6. The van der Waals surface area contributed by atoms with Crippen molar-refractivity contribution in [2.75, 3.05) is 13.2 Å². The molecule has 2 N–H and O–H groups in total. The quantitative estimate of drug-likeness (QED) is 0.843. The number of hydrogen-bond acceptors (Lipinski definition) is 2. The lowest BCUT2D eigenvalue weighted by Crippen LogP contribution is -2.28. The van der Waals surface area contributed by atoms with E-state index in [4.69, 9.17) is 0 Å². The molecule has 0 spiro atoms. The smallest absolute Gasteiger partial charge is 0.0473 e. The third kappa shape index (κ3) is 4.24. The minimum absolute atomic E-state index is 0.251. The number of halogens is 1. The standard InChI is InChI=1S/C13H20BrNO/c1-10(2)12(9-16)8-15-7-11-5-3-4-6-13(11)14/h3-6,10,12,15-16H,7-9H2,1-2H3. The van der Waals surface area contributed by atoms with E-state index in [9.17, 15) is 5.11 Å². The Labute approximate surface area is 106 Å². The summed E-state index contributed by atoms with van der Waals surface area (Å²) < 4.78 is 1.13. The average Bonchev–Trinajstić information content (AvgIpc) is 2.26. The molecule has 90 valence electrons. The van der Waals surface area contributed by atoms with Gasteiger partial charge in [0.15, 0.2) is 0 Å². The topological polar surface area (TPSA) is 32.3 Å². The van der Waals surface area contributed by atoms with Crippen LogP contribution in [0.15, 0.2) is 28.7 Å². The molecule has 0 aliphatic carbocycles. The van der Waals surface area contributed by atoms with Crippen molar-refractivity contribution in [2.24, 2.45) is 11.8 Å². The van der Waals surface area contributed by atoms with E-state index in [1.54, 1.807) is 0 Å². The lowest BCUT2D eigenvalue weighted by molar-refractivity contribution is 0.186. The normalized spacial score (nSPS) is 13.1. The van der Waals surface area contributed by atoms with E-state index in [0.717, 1.165) is 17.6 Å². The maximum absolute atomic E-state index is 9.20. The second-order valence-corrected chi connectivity index (χ2v) is 5.26. The molecule has 0 bridgehead atoms. The largest absolute Gasteiger partial charge is 0.396 e. The highest BCUT2D eigenvalue weighted by Gasteiger charge is 2.11. The highest BCUT2D eigenvalue weighted by Crippen LogP contribution is 2.15. The molecule has 0 radical (unpaired) electrons. The van der Waals surface area contributed by atoms with Crippen LogP contribution in [0, 0.1) is 11.8 Å². The molecule has 0 amide bonds. The maximum Gasteiger partial charge on any atom is 0.0473 e. The van der Waals surface area contributed by atoms with Crippen molar-refractivity contribution in [3.63, 3.8) is 0 Å². The molecule has 0 saturated carbocycles. The van der Waals surface area contributed by atoms with Gasteiger partial charge in [0.1, 0.15) is 0 Å². The summed E-state index contributed by atoms with van der Waals surface area (Å²) in [5, 5.41) is 12.6. The molecule has 3 heteroatoms. The lowest BCUT2D eigenvalue weighted by atomic mass is 9.97. The molecular formula is C13H20BrNO. The van der Waals surface area contributed by atoms with Crippen molar-refractivity contribution in [3.05, 3.63) is 34.3 Å². The van der Waals surface area contributed by atoms with Crippen LogP contribution >= 0.6 is 15.9 Å². The molecule has 0 aliphatic rings. The van der Waals surface area contributed by atoms with Crippen molar-refractivity contribution >= 4 is 15.9 Å². The zero-order valence-electron chi connectivity index (χ0n) is 9.91. The zero-order chi connectivity index (χ0) is 12.0. The van der Waals surface area contributed by atoms with Crippen LogP contribution in [0.25, 0.3) is 0 Å². The first kappa shape index (κ1) is 13.7. The fraction of sp³-hybridized carbons (Fsp3) is 0.538. The molecule has 0 fully saturated rings. The zero-order valence-corrected chi connectivity index (χ0v) is 11.5. The van der Waals surface area contributed by atoms with Crippen LogP contribution in [0.4, 0.5) is 0 Å². The molecular weight excluding hydrogens is 266 g/mol. The summed E-state index contributed by atoms with van der Waals surface area (Å²) in [4.78, 5) is 0. The second kappa shape index (κ2) is 7.05.